The molecule has 1 N–H and O–H groups in total. The smallest absolute Gasteiger partial charge is 0.0455 e. The van der Waals surface area contributed by atoms with E-state index in [0.717, 1.165) is 13.0 Å². The molecule has 1 nitrogen and oxygen atoms in total. The zero-order chi connectivity index (χ0) is 13.7. The maximum absolute atomic E-state index is 3.69. The Morgan fingerprint density at radius 1 is 1.16 bits per heavy atom. The van der Waals surface area contributed by atoms with Crippen molar-refractivity contribution in [2.45, 2.75) is 39.7 Å². The third kappa shape index (κ3) is 3.92. The van der Waals surface area contributed by atoms with Gasteiger partial charge in [-0.05, 0) is 50.4 Å². The monoisotopic (exact) mass is 273 g/mol. The minimum Gasteiger partial charge on any atom is -0.309 e. The van der Waals surface area contributed by atoms with Gasteiger partial charge in [-0.2, -0.15) is 0 Å². The summed E-state index contributed by atoms with van der Waals surface area (Å²) < 4.78 is 0. The topological polar surface area (TPSA) is 12.0 Å². The van der Waals surface area contributed by atoms with E-state index in [4.69, 9.17) is 0 Å². The molecule has 0 bridgehead atoms. The van der Waals surface area contributed by atoms with Gasteiger partial charge in [0.15, 0.2) is 0 Å². The molecule has 2 heteroatoms. The SMILES string of the molecule is CCCNC(Cc1ccccc1)c1cc(C)c(C)s1. The average molecular weight is 273 g/mol. The molecule has 0 aliphatic carbocycles. The molecule has 1 atom stereocenters. The maximum atomic E-state index is 3.69. The maximum Gasteiger partial charge on any atom is 0.0455 e. The number of rotatable bonds is 6. The Kier molecular flexibility index (Phi) is 5.17. The van der Waals surface area contributed by atoms with Gasteiger partial charge in [0, 0.05) is 15.8 Å². The van der Waals surface area contributed by atoms with Gasteiger partial charge in [0.1, 0.15) is 0 Å². The summed E-state index contributed by atoms with van der Waals surface area (Å²) in [6.07, 6.45) is 2.24. The number of aryl methyl sites for hydroxylation is 2. The van der Waals surface area contributed by atoms with Gasteiger partial charge in [-0.1, -0.05) is 37.3 Å². The highest BCUT2D eigenvalue weighted by atomic mass is 32.1. The van der Waals surface area contributed by atoms with Crippen LogP contribution in [0.3, 0.4) is 0 Å². The van der Waals surface area contributed by atoms with Crippen LogP contribution < -0.4 is 5.32 Å². The first kappa shape index (κ1) is 14.3. The molecule has 102 valence electrons. The average Bonchev–Trinajstić information content (AvgIpc) is 2.76. The van der Waals surface area contributed by atoms with Crippen LogP contribution in [0.5, 0.6) is 0 Å². The quantitative estimate of drug-likeness (QED) is 0.808. The fourth-order valence-electron chi connectivity index (χ4n) is 2.22. The van der Waals surface area contributed by atoms with Crippen LogP contribution in [0.1, 0.15) is 40.3 Å². The molecular weight excluding hydrogens is 250 g/mol. The summed E-state index contributed by atoms with van der Waals surface area (Å²) in [6, 6.07) is 13.5. The Morgan fingerprint density at radius 2 is 1.89 bits per heavy atom. The first-order valence-corrected chi connectivity index (χ1v) is 7.86. The largest absolute Gasteiger partial charge is 0.309 e. The van der Waals surface area contributed by atoms with Crippen molar-refractivity contribution in [3.63, 3.8) is 0 Å². The molecule has 0 fully saturated rings. The molecule has 1 unspecified atom stereocenters. The Labute approximate surface area is 120 Å². The van der Waals surface area contributed by atoms with Crippen molar-refractivity contribution in [2.75, 3.05) is 6.54 Å². The first-order chi connectivity index (χ1) is 9.20. The highest BCUT2D eigenvalue weighted by molar-refractivity contribution is 7.12. The lowest BCUT2D eigenvalue weighted by atomic mass is 10.0. The van der Waals surface area contributed by atoms with Gasteiger partial charge >= 0.3 is 0 Å². The Morgan fingerprint density at radius 3 is 2.47 bits per heavy atom. The third-order valence-corrected chi connectivity index (χ3v) is 4.72. The van der Waals surface area contributed by atoms with E-state index in [1.807, 2.05) is 11.3 Å². The number of thiophene rings is 1. The van der Waals surface area contributed by atoms with Gasteiger partial charge in [-0.25, -0.2) is 0 Å². The van der Waals surface area contributed by atoms with E-state index in [2.05, 4.69) is 62.5 Å². The summed E-state index contributed by atoms with van der Waals surface area (Å²) in [5, 5.41) is 3.69. The normalized spacial score (nSPS) is 12.6. The van der Waals surface area contributed by atoms with E-state index >= 15 is 0 Å². The van der Waals surface area contributed by atoms with Crippen molar-refractivity contribution in [2.24, 2.45) is 0 Å². The van der Waals surface area contributed by atoms with E-state index in [0.29, 0.717) is 6.04 Å². The van der Waals surface area contributed by atoms with E-state index in [-0.39, 0.29) is 0 Å². The van der Waals surface area contributed by atoms with Crippen molar-refractivity contribution >= 4 is 11.3 Å². The third-order valence-electron chi connectivity index (χ3n) is 3.45. The lowest BCUT2D eigenvalue weighted by molar-refractivity contribution is 0.536. The summed E-state index contributed by atoms with van der Waals surface area (Å²) in [6.45, 7) is 7.71. The molecule has 0 aliphatic heterocycles. The molecule has 2 rings (SSSR count). The molecule has 0 aliphatic rings. The summed E-state index contributed by atoms with van der Waals surface area (Å²) in [5.74, 6) is 0. The minimum absolute atomic E-state index is 0.444. The molecule has 19 heavy (non-hydrogen) atoms. The summed E-state index contributed by atoms with van der Waals surface area (Å²) >= 11 is 1.93. The predicted octanol–water partition coefficient (Wildman–Crippen LogP) is 4.65. The minimum atomic E-state index is 0.444. The second-order valence-electron chi connectivity index (χ2n) is 5.08. The molecule has 0 radical (unpaired) electrons. The van der Waals surface area contributed by atoms with Gasteiger partial charge < -0.3 is 5.32 Å². The molecule has 2 aromatic rings. The molecule has 1 heterocycles. The number of hydrogen-bond donors (Lipinski definition) is 1. The van der Waals surface area contributed by atoms with Crippen molar-refractivity contribution in [1.29, 1.82) is 0 Å². The van der Waals surface area contributed by atoms with Gasteiger partial charge in [-0.15, -0.1) is 11.3 Å². The summed E-state index contributed by atoms with van der Waals surface area (Å²) in [5.41, 5.74) is 2.82. The van der Waals surface area contributed by atoms with Crippen LogP contribution in [0.15, 0.2) is 36.4 Å². The fourth-order valence-corrected chi connectivity index (χ4v) is 3.33. The van der Waals surface area contributed by atoms with E-state index < -0.39 is 0 Å². The van der Waals surface area contributed by atoms with Crippen LogP contribution in [-0.4, -0.2) is 6.54 Å². The van der Waals surface area contributed by atoms with Gasteiger partial charge in [0.05, 0.1) is 0 Å². The zero-order valence-corrected chi connectivity index (χ0v) is 12.9. The van der Waals surface area contributed by atoms with Gasteiger partial charge in [0.25, 0.3) is 0 Å². The van der Waals surface area contributed by atoms with Crippen molar-refractivity contribution < 1.29 is 0 Å². The molecule has 1 aromatic carbocycles. The molecule has 0 saturated carbocycles. The molecular formula is C17H23NS. The van der Waals surface area contributed by atoms with E-state index in [1.54, 1.807) is 0 Å². The molecule has 0 amide bonds. The number of nitrogens with one attached hydrogen (secondary N) is 1. The first-order valence-electron chi connectivity index (χ1n) is 7.05. The van der Waals surface area contributed by atoms with Crippen molar-refractivity contribution in [1.82, 2.24) is 5.32 Å². The lowest BCUT2D eigenvalue weighted by Gasteiger charge is -2.17. The molecule has 1 aromatic heterocycles. The highest BCUT2D eigenvalue weighted by Gasteiger charge is 2.14. The van der Waals surface area contributed by atoms with E-state index in [9.17, 15) is 0 Å². The lowest BCUT2D eigenvalue weighted by Crippen LogP contribution is -2.23. The van der Waals surface area contributed by atoms with Crippen LogP contribution in [0.25, 0.3) is 0 Å². The number of hydrogen-bond acceptors (Lipinski definition) is 2. The van der Waals surface area contributed by atoms with Crippen LogP contribution in [-0.2, 0) is 6.42 Å². The van der Waals surface area contributed by atoms with Gasteiger partial charge in [-0.3, -0.25) is 0 Å². The summed E-state index contributed by atoms with van der Waals surface area (Å²) in [4.78, 5) is 2.90. The Hall–Kier alpha value is -1.12. The predicted molar refractivity (Wildman–Crippen MR) is 85.0 cm³/mol. The van der Waals surface area contributed by atoms with Crippen LogP contribution in [0.2, 0.25) is 0 Å². The Bertz CT molecular complexity index is 482. The second-order valence-corrected chi connectivity index (χ2v) is 6.37. The molecule has 0 saturated heterocycles. The van der Waals surface area contributed by atoms with Gasteiger partial charge in [0.2, 0.25) is 0 Å². The zero-order valence-electron chi connectivity index (χ0n) is 12.1. The van der Waals surface area contributed by atoms with Crippen molar-refractivity contribution in [3.05, 3.63) is 57.3 Å². The summed E-state index contributed by atoms with van der Waals surface area (Å²) in [7, 11) is 0. The van der Waals surface area contributed by atoms with E-state index in [1.165, 1.54) is 27.3 Å². The standard InChI is InChI=1S/C17H23NS/c1-4-10-18-16(12-15-8-6-5-7-9-15)17-11-13(2)14(3)19-17/h5-9,11,16,18H,4,10,12H2,1-3H3. The van der Waals surface area contributed by atoms with Crippen molar-refractivity contribution in [3.8, 4) is 0 Å². The van der Waals surface area contributed by atoms with Crippen LogP contribution in [0, 0.1) is 13.8 Å². The fraction of sp³-hybridized carbons (Fsp3) is 0.412. The highest BCUT2D eigenvalue weighted by Crippen LogP contribution is 2.28. The number of benzene rings is 1. The van der Waals surface area contributed by atoms with Crippen LogP contribution in [0.4, 0.5) is 0 Å². The second kappa shape index (κ2) is 6.88. The Balaban J connectivity index is 2.15. The molecule has 0 spiro atoms. The van der Waals surface area contributed by atoms with Crippen LogP contribution >= 0.6 is 11.3 Å².